The van der Waals surface area contributed by atoms with E-state index in [0.29, 0.717) is 6.42 Å². The Morgan fingerprint density at radius 1 is 1.33 bits per heavy atom. The van der Waals surface area contributed by atoms with Gasteiger partial charge >= 0.3 is 0 Å². The van der Waals surface area contributed by atoms with Crippen LogP contribution in [0, 0.1) is 0 Å². The number of thioether (sulfide) groups is 1. The van der Waals surface area contributed by atoms with Gasteiger partial charge in [0.25, 0.3) is 0 Å². The summed E-state index contributed by atoms with van der Waals surface area (Å²) >= 11 is 1.89. The molecule has 0 heterocycles. The first kappa shape index (κ1) is 15.8. The number of nitrogens with one attached hydrogen (secondary N) is 1. The Bertz CT molecular complexity index is 263. The van der Waals surface area contributed by atoms with Crippen LogP contribution in [0.5, 0.6) is 0 Å². The Labute approximate surface area is 115 Å². The van der Waals surface area contributed by atoms with Crippen LogP contribution in [0.3, 0.4) is 0 Å². The number of carbonyl (C=O) groups is 1. The van der Waals surface area contributed by atoms with Gasteiger partial charge in [-0.15, -0.1) is 0 Å². The average molecular weight is 273 g/mol. The molecule has 106 valence electrons. The van der Waals surface area contributed by atoms with Crippen LogP contribution >= 0.6 is 11.8 Å². The Kier molecular flexibility index (Phi) is 6.50. The first-order valence-electron chi connectivity index (χ1n) is 7.00. The van der Waals surface area contributed by atoms with Crippen molar-refractivity contribution in [3.63, 3.8) is 0 Å². The maximum absolute atomic E-state index is 11.7. The summed E-state index contributed by atoms with van der Waals surface area (Å²) in [5.74, 6) is 1.11. The van der Waals surface area contributed by atoms with Gasteiger partial charge in [0.15, 0.2) is 0 Å². The van der Waals surface area contributed by atoms with Gasteiger partial charge < -0.3 is 10.4 Å². The molecule has 18 heavy (non-hydrogen) atoms. The van der Waals surface area contributed by atoms with E-state index in [1.807, 2.05) is 11.8 Å². The second-order valence-corrected chi connectivity index (χ2v) is 8.01. The molecule has 2 unspecified atom stereocenters. The van der Waals surface area contributed by atoms with Crippen LogP contribution in [0.2, 0.25) is 0 Å². The molecule has 1 aliphatic carbocycles. The molecule has 1 rings (SSSR count). The van der Waals surface area contributed by atoms with Crippen LogP contribution in [-0.2, 0) is 4.79 Å². The van der Waals surface area contributed by atoms with Gasteiger partial charge in [-0.1, -0.05) is 33.6 Å². The predicted molar refractivity (Wildman–Crippen MR) is 77.9 cm³/mol. The van der Waals surface area contributed by atoms with Gasteiger partial charge in [0, 0.05) is 11.2 Å². The fourth-order valence-corrected chi connectivity index (χ4v) is 3.07. The summed E-state index contributed by atoms with van der Waals surface area (Å²) in [5, 5.41) is 12.7. The first-order chi connectivity index (χ1) is 8.38. The molecule has 2 N–H and O–H groups in total. The molecule has 0 aromatic heterocycles. The lowest BCUT2D eigenvalue weighted by Gasteiger charge is -2.28. The summed E-state index contributed by atoms with van der Waals surface area (Å²) in [5.41, 5.74) is 0. The molecule has 0 bridgehead atoms. The van der Waals surface area contributed by atoms with Crippen molar-refractivity contribution in [2.75, 3.05) is 5.75 Å². The highest BCUT2D eigenvalue weighted by atomic mass is 32.2. The molecule has 1 saturated carbocycles. The van der Waals surface area contributed by atoms with Crippen molar-refractivity contribution in [1.82, 2.24) is 5.32 Å². The Hall–Kier alpha value is -0.220. The largest absolute Gasteiger partial charge is 0.391 e. The van der Waals surface area contributed by atoms with Crippen molar-refractivity contribution in [2.24, 2.45) is 0 Å². The highest BCUT2D eigenvalue weighted by molar-refractivity contribution is 8.00. The van der Waals surface area contributed by atoms with Gasteiger partial charge in [-0.3, -0.25) is 4.79 Å². The van der Waals surface area contributed by atoms with Crippen molar-refractivity contribution in [2.45, 2.75) is 76.2 Å². The third-order valence-electron chi connectivity index (χ3n) is 3.16. The number of amides is 1. The van der Waals surface area contributed by atoms with Crippen molar-refractivity contribution >= 4 is 17.7 Å². The van der Waals surface area contributed by atoms with Crippen LogP contribution in [0.15, 0.2) is 0 Å². The summed E-state index contributed by atoms with van der Waals surface area (Å²) in [6, 6.07) is -0.0125. The van der Waals surface area contributed by atoms with Crippen LogP contribution in [0.25, 0.3) is 0 Å². The minimum atomic E-state index is -0.341. The van der Waals surface area contributed by atoms with E-state index in [-0.39, 0.29) is 22.8 Å². The minimum absolute atomic E-state index is 0.0125. The Morgan fingerprint density at radius 2 is 2.00 bits per heavy atom. The topological polar surface area (TPSA) is 49.3 Å². The van der Waals surface area contributed by atoms with E-state index in [4.69, 9.17) is 0 Å². The van der Waals surface area contributed by atoms with Crippen LogP contribution < -0.4 is 5.32 Å². The highest BCUT2D eigenvalue weighted by Gasteiger charge is 2.24. The first-order valence-corrected chi connectivity index (χ1v) is 7.98. The van der Waals surface area contributed by atoms with Gasteiger partial charge in [0.05, 0.1) is 12.1 Å². The van der Waals surface area contributed by atoms with Gasteiger partial charge in [0.2, 0.25) is 5.91 Å². The zero-order valence-corrected chi connectivity index (χ0v) is 12.7. The summed E-state index contributed by atoms with van der Waals surface area (Å²) < 4.78 is 0.274. The molecular weight excluding hydrogens is 246 g/mol. The fourth-order valence-electron chi connectivity index (χ4n) is 2.17. The third-order valence-corrected chi connectivity index (χ3v) is 4.52. The molecule has 1 amide bonds. The maximum atomic E-state index is 11.7. The zero-order valence-electron chi connectivity index (χ0n) is 11.9. The van der Waals surface area contributed by atoms with Crippen molar-refractivity contribution < 1.29 is 9.90 Å². The number of aliphatic hydroxyl groups excluding tert-OH is 1. The molecule has 0 spiro atoms. The maximum Gasteiger partial charge on any atom is 0.220 e. The lowest BCUT2D eigenvalue weighted by atomic mass is 9.92. The van der Waals surface area contributed by atoms with E-state index in [9.17, 15) is 9.90 Å². The smallest absolute Gasteiger partial charge is 0.220 e. The second kappa shape index (κ2) is 7.39. The second-order valence-electron chi connectivity index (χ2n) is 6.09. The molecule has 1 aliphatic rings. The third kappa shape index (κ3) is 6.64. The Morgan fingerprint density at radius 3 is 2.61 bits per heavy atom. The van der Waals surface area contributed by atoms with Crippen LogP contribution in [-0.4, -0.2) is 33.7 Å². The molecule has 0 aliphatic heterocycles. The quantitative estimate of drug-likeness (QED) is 0.757. The number of hydrogen-bond acceptors (Lipinski definition) is 3. The van der Waals surface area contributed by atoms with E-state index < -0.39 is 0 Å². The molecular formula is C14H27NO2S. The molecule has 2 atom stereocenters. The lowest BCUT2D eigenvalue weighted by molar-refractivity contribution is -0.123. The number of carbonyl (C=O) groups excluding carboxylic acids is 1. The van der Waals surface area contributed by atoms with Crippen LogP contribution in [0.4, 0.5) is 0 Å². The zero-order chi connectivity index (χ0) is 13.6. The normalized spacial score (nSPS) is 24.9. The van der Waals surface area contributed by atoms with Crippen LogP contribution in [0.1, 0.15) is 59.3 Å². The lowest BCUT2D eigenvalue weighted by Crippen LogP contribution is -2.45. The van der Waals surface area contributed by atoms with Crippen molar-refractivity contribution in [1.29, 1.82) is 0 Å². The van der Waals surface area contributed by atoms with Crippen molar-refractivity contribution in [3.8, 4) is 0 Å². The van der Waals surface area contributed by atoms with Gasteiger partial charge in [0.1, 0.15) is 0 Å². The average Bonchev–Trinajstić information content (AvgIpc) is 2.26. The molecule has 0 aromatic rings. The number of hydrogen-bond donors (Lipinski definition) is 2. The number of rotatable bonds is 5. The molecule has 0 aromatic carbocycles. The van der Waals surface area contributed by atoms with E-state index in [2.05, 4.69) is 26.1 Å². The minimum Gasteiger partial charge on any atom is -0.391 e. The van der Waals surface area contributed by atoms with E-state index in [1.54, 1.807) is 0 Å². The van der Waals surface area contributed by atoms with E-state index in [0.717, 1.165) is 37.9 Å². The monoisotopic (exact) mass is 273 g/mol. The highest BCUT2D eigenvalue weighted by Crippen LogP contribution is 2.24. The SMILES string of the molecule is CC(C)(C)SCCCC(=O)NC1CCCCC1O. The number of aliphatic hydroxyl groups is 1. The van der Waals surface area contributed by atoms with Gasteiger partial charge in [-0.25, -0.2) is 0 Å². The van der Waals surface area contributed by atoms with E-state index in [1.165, 1.54) is 0 Å². The summed E-state index contributed by atoms with van der Waals surface area (Å²) in [6.45, 7) is 6.57. The molecule has 3 nitrogen and oxygen atoms in total. The molecule has 0 radical (unpaired) electrons. The fraction of sp³-hybridized carbons (Fsp3) is 0.929. The molecule has 0 saturated heterocycles. The molecule has 4 heteroatoms. The molecule has 1 fully saturated rings. The summed E-state index contributed by atoms with van der Waals surface area (Å²) in [7, 11) is 0. The summed E-state index contributed by atoms with van der Waals surface area (Å²) in [4.78, 5) is 11.7. The summed E-state index contributed by atoms with van der Waals surface area (Å²) in [6.07, 6.45) is 5.08. The standard InChI is InChI=1S/C14H27NO2S/c1-14(2,3)18-10-6-9-13(17)15-11-7-4-5-8-12(11)16/h11-12,16H,4-10H2,1-3H3,(H,15,17). The van der Waals surface area contributed by atoms with Gasteiger partial charge in [-0.05, 0) is 25.0 Å². The Balaban J connectivity index is 2.13. The predicted octanol–water partition coefficient (Wildman–Crippen LogP) is 2.72. The van der Waals surface area contributed by atoms with E-state index >= 15 is 0 Å². The van der Waals surface area contributed by atoms with Crippen molar-refractivity contribution in [3.05, 3.63) is 0 Å². The van der Waals surface area contributed by atoms with Gasteiger partial charge in [-0.2, -0.15) is 11.8 Å².